The molecule has 3 amide bonds. The number of carbonyl (C=O) groups is 2. The Labute approximate surface area is 184 Å². The number of nitrogens with zero attached hydrogens (tertiary/aromatic N) is 6. The first-order chi connectivity index (χ1) is 14.9. The van der Waals surface area contributed by atoms with E-state index in [-0.39, 0.29) is 23.5 Å². The van der Waals surface area contributed by atoms with Gasteiger partial charge < -0.3 is 15.5 Å². The summed E-state index contributed by atoms with van der Waals surface area (Å²) in [6, 6.07) is 2.09. The van der Waals surface area contributed by atoms with E-state index < -0.39 is 0 Å². The predicted octanol–water partition coefficient (Wildman–Crippen LogP) is 1.88. The lowest BCUT2D eigenvalue weighted by molar-refractivity contribution is -0.114. The van der Waals surface area contributed by atoms with Gasteiger partial charge in [0.15, 0.2) is 5.13 Å². The van der Waals surface area contributed by atoms with E-state index in [9.17, 15) is 9.59 Å². The molecule has 2 saturated heterocycles. The Balaban J connectivity index is 1.34. The Morgan fingerprint density at radius 3 is 2.68 bits per heavy atom. The molecule has 0 aliphatic carbocycles. The summed E-state index contributed by atoms with van der Waals surface area (Å²) in [5.74, 6) is 0.402. The first kappa shape index (κ1) is 21.1. The van der Waals surface area contributed by atoms with E-state index in [1.165, 1.54) is 30.7 Å². The van der Waals surface area contributed by atoms with Gasteiger partial charge >= 0.3 is 6.03 Å². The van der Waals surface area contributed by atoms with Gasteiger partial charge in [-0.15, -0.1) is 11.3 Å². The Hall–Kier alpha value is -3.10. The summed E-state index contributed by atoms with van der Waals surface area (Å²) in [7, 11) is 0. The van der Waals surface area contributed by atoms with Gasteiger partial charge in [0, 0.05) is 56.1 Å². The number of nitrogens with one attached hydrogen (secondary N) is 2. The van der Waals surface area contributed by atoms with E-state index in [0.717, 1.165) is 30.8 Å². The summed E-state index contributed by atoms with van der Waals surface area (Å²) >= 11 is 1.49. The Bertz CT molecular complexity index is 1010. The molecule has 0 radical (unpaired) electrons. The number of piperidine rings is 1. The minimum atomic E-state index is -0.241. The van der Waals surface area contributed by atoms with Crippen molar-refractivity contribution in [3.8, 4) is 6.07 Å². The number of hydrogen-bond donors (Lipinski definition) is 2. The third kappa shape index (κ3) is 4.65. The molecule has 11 heteroatoms. The first-order valence-corrected chi connectivity index (χ1v) is 10.9. The maximum Gasteiger partial charge on any atom is 0.318 e. The minimum Gasteiger partial charge on any atom is -0.331 e. The van der Waals surface area contributed by atoms with Crippen molar-refractivity contribution in [2.45, 2.75) is 44.8 Å². The van der Waals surface area contributed by atoms with Crippen molar-refractivity contribution in [3.63, 3.8) is 0 Å². The lowest BCUT2D eigenvalue weighted by atomic mass is 9.87. The molecule has 0 unspecified atom stereocenters. The first-order valence-electron chi connectivity index (χ1n) is 10.1. The SMILES string of the molecule is CC(=O)Nc1ncc([C@H](C)N2CCC3(CC2)CN(Cc2ncc(C#N)cn2)C(=O)N3)s1. The van der Waals surface area contributed by atoms with Gasteiger partial charge in [-0.25, -0.2) is 19.7 Å². The number of hydrogen-bond acceptors (Lipinski definition) is 8. The molecule has 31 heavy (non-hydrogen) atoms. The normalized spacial score (nSPS) is 19.1. The van der Waals surface area contributed by atoms with Crippen LogP contribution in [0.1, 0.15) is 49.0 Å². The average molecular weight is 441 g/mol. The zero-order valence-corrected chi connectivity index (χ0v) is 18.3. The number of likely N-dealkylation sites (tertiary alicyclic amines) is 1. The van der Waals surface area contributed by atoms with Crippen LogP contribution in [0.15, 0.2) is 18.6 Å². The van der Waals surface area contributed by atoms with Crippen LogP contribution in [0.3, 0.4) is 0 Å². The molecule has 4 heterocycles. The molecule has 0 bridgehead atoms. The molecule has 10 nitrogen and oxygen atoms in total. The molecule has 0 saturated carbocycles. The summed E-state index contributed by atoms with van der Waals surface area (Å²) in [6.45, 7) is 6.27. The number of aromatic nitrogens is 3. The van der Waals surface area contributed by atoms with Crippen LogP contribution in [0.2, 0.25) is 0 Å². The maximum atomic E-state index is 12.6. The fourth-order valence-electron chi connectivity index (χ4n) is 4.07. The zero-order valence-electron chi connectivity index (χ0n) is 17.5. The van der Waals surface area contributed by atoms with Crippen molar-refractivity contribution in [2.75, 3.05) is 25.0 Å². The van der Waals surface area contributed by atoms with Gasteiger partial charge in [-0.3, -0.25) is 9.69 Å². The van der Waals surface area contributed by atoms with Crippen molar-refractivity contribution < 1.29 is 9.59 Å². The predicted molar refractivity (Wildman–Crippen MR) is 114 cm³/mol. The van der Waals surface area contributed by atoms with Crippen LogP contribution in [-0.4, -0.2) is 61.9 Å². The van der Waals surface area contributed by atoms with Gasteiger partial charge in [-0.2, -0.15) is 5.26 Å². The van der Waals surface area contributed by atoms with Crippen LogP contribution in [0.5, 0.6) is 0 Å². The minimum absolute atomic E-state index is 0.100. The highest BCUT2D eigenvalue weighted by Gasteiger charge is 2.45. The van der Waals surface area contributed by atoms with E-state index in [0.29, 0.717) is 29.6 Å². The largest absolute Gasteiger partial charge is 0.331 e. The summed E-state index contributed by atoms with van der Waals surface area (Å²) in [5, 5.41) is 15.4. The quantitative estimate of drug-likeness (QED) is 0.727. The van der Waals surface area contributed by atoms with Gasteiger partial charge in [0.1, 0.15) is 11.9 Å². The van der Waals surface area contributed by atoms with Crippen molar-refractivity contribution in [2.24, 2.45) is 0 Å². The van der Waals surface area contributed by atoms with E-state index >= 15 is 0 Å². The van der Waals surface area contributed by atoms with Gasteiger partial charge in [-0.1, -0.05) is 0 Å². The summed E-state index contributed by atoms with van der Waals surface area (Å²) in [5.41, 5.74) is 0.160. The maximum absolute atomic E-state index is 12.6. The Morgan fingerprint density at radius 2 is 2.03 bits per heavy atom. The number of nitriles is 1. The third-order valence-corrected chi connectivity index (χ3v) is 6.92. The van der Waals surface area contributed by atoms with Gasteiger partial charge in [-0.05, 0) is 19.8 Å². The molecule has 2 N–H and O–H groups in total. The second-order valence-corrected chi connectivity index (χ2v) is 9.09. The van der Waals surface area contributed by atoms with E-state index in [4.69, 9.17) is 5.26 Å². The summed E-state index contributed by atoms with van der Waals surface area (Å²) < 4.78 is 0. The van der Waals surface area contributed by atoms with Gasteiger partial charge in [0.25, 0.3) is 0 Å². The van der Waals surface area contributed by atoms with Crippen molar-refractivity contribution >= 4 is 28.4 Å². The second kappa shape index (κ2) is 8.56. The number of urea groups is 1. The monoisotopic (exact) mass is 440 g/mol. The summed E-state index contributed by atoms with van der Waals surface area (Å²) in [6.07, 6.45) is 6.48. The number of carbonyl (C=O) groups excluding carboxylic acids is 2. The second-order valence-electron chi connectivity index (χ2n) is 8.03. The molecule has 1 spiro atoms. The van der Waals surface area contributed by atoms with E-state index in [2.05, 4.69) is 37.4 Å². The van der Waals surface area contributed by atoms with Gasteiger partial charge in [0.05, 0.1) is 17.6 Å². The molecule has 2 aliphatic heterocycles. The number of amides is 3. The highest BCUT2D eigenvalue weighted by atomic mass is 32.1. The average Bonchev–Trinajstić information content (AvgIpc) is 3.33. The Kier molecular flexibility index (Phi) is 5.84. The van der Waals surface area contributed by atoms with Crippen LogP contribution >= 0.6 is 11.3 Å². The van der Waals surface area contributed by atoms with Crippen molar-refractivity contribution in [1.82, 2.24) is 30.1 Å². The van der Waals surface area contributed by atoms with Crippen LogP contribution in [0, 0.1) is 11.3 Å². The number of rotatable bonds is 5. The Morgan fingerprint density at radius 1 is 1.32 bits per heavy atom. The molecule has 2 fully saturated rings. The molecule has 2 aliphatic rings. The molecular weight excluding hydrogens is 416 g/mol. The molecule has 0 aromatic carbocycles. The molecule has 1 atom stereocenters. The van der Waals surface area contributed by atoms with E-state index in [1.54, 1.807) is 4.90 Å². The van der Waals surface area contributed by atoms with E-state index in [1.807, 2.05) is 12.3 Å². The van der Waals surface area contributed by atoms with Crippen LogP contribution in [0.4, 0.5) is 9.93 Å². The van der Waals surface area contributed by atoms with Crippen molar-refractivity contribution in [1.29, 1.82) is 5.26 Å². The highest BCUT2D eigenvalue weighted by Crippen LogP contribution is 2.34. The lowest BCUT2D eigenvalue weighted by Crippen LogP contribution is -2.52. The molecule has 2 aromatic rings. The third-order valence-electron chi connectivity index (χ3n) is 5.84. The van der Waals surface area contributed by atoms with Crippen LogP contribution in [-0.2, 0) is 11.3 Å². The smallest absolute Gasteiger partial charge is 0.318 e. The topological polar surface area (TPSA) is 127 Å². The standard InChI is InChI=1S/C20H24N8O2S/c1-13(16-10-24-18(31-16)25-14(2)29)27-5-3-20(4-6-27)12-28(19(30)26-20)11-17-22-8-15(7-21)9-23-17/h8-10,13H,3-6,11-12H2,1-2H3,(H,26,30)(H,24,25,29)/t13-/m0/s1. The van der Waals surface area contributed by atoms with Crippen LogP contribution < -0.4 is 10.6 Å². The summed E-state index contributed by atoms with van der Waals surface area (Å²) in [4.78, 5) is 41.6. The van der Waals surface area contributed by atoms with Crippen LogP contribution in [0.25, 0.3) is 0 Å². The zero-order chi connectivity index (χ0) is 22.0. The lowest BCUT2D eigenvalue weighted by Gasteiger charge is -2.41. The highest BCUT2D eigenvalue weighted by molar-refractivity contribution is 7.15. The van der Waals surface area contributed by atoms with Gasteiger partial charge in [0.2, 0.25) is 5.91 Å². The fraction of sp³-hybridized carbons (Fsp3) is 0.500. The van der Waals surface area contributed by atoms with Crippen molar-refractivity contribution in [3.05, 3.63) is 34.9 Å². The molecule has 2 aromatic heterocycles. The number of thiazole rings is 1. The fourth-order valence-corrected chi connectivity index (χ4v) is 5.01. The number of anilines is 1. The molecule has 162 valence electrons. The molecule has 4 rings (SSSR count). The molecular formula is C20H24N8O2S.